The molecule has 1 aromatic rings. The molecule has 0 aliphatic heterocycles. The zero-order valence-electron chi connectivity index (χ0n) is 12.3. The summed E-state index contributed by atoms with van der Waals surface area (Å²) in [5.74, 6) is 0.181. The van der Waals surface area contributed by atoms with Gasteiger partial charge in [0, 0.05) is 25.4 Å². The van der Waals surface area contributed by atoms with E-state index in [0.717, 1.165) is 17.9 Å². The number of carbonyl (C=O) groups is 1. The first-order valence-electron chi connectivity index (χ1n) is 6.90. The first kappa shape index (κ1) is 16.5. The van der Waals surface area contributed by atoms with Crippen LogP contribution in [0.5, 0.6) is 0 Å². The van der Waals surface area contributed by atoms with Crippen LogP contribution in [0.15, 0.2) is 24.3 Å². The number of hydrogen-bond acceptors (Lipinski definition) is 4. The van der Waals surface area contributed by atoms with Crippen LogP contribution in [0, 0.1) is 5.92 Å². The van der Waals surface area contributed by atoms with E-state index in [1.165, 1.54) is 0 Å². The Kier molecular flexibility index (Phi) is 7.04. The van der Waals surface area contributed by atoms with Gasteiger partial charge in [-0.1, -0.05) is 26.0 Å². The van der Waals surface area contributed by atoms with E-state index < -0.39 is 0 Å². The summed E-state index contributed by atoms with van der Waals surface area (Å²) in [5.41, 5.74) is 12.8. The molecule has 0 saturated heterocycles. The molecule has 0 fully saturated rings. The summed E-state index contributed by atoms with van der Waals surface area (Å²) in [6.45, 7) is 7.11. The molecule has 0 radical (unpaired) electrons. The molecule has 0 aliphatic carbocycles. The fraction of sp³-hybridized carbons (Fsp3) is 0.533. The van der Waals surface area contributed by atoms with Crippen LogP contribution in [0.3, 0.4) is 0 Å². The minimum atomic E-state index is -0.329. The fourth-order valence-electron chi connectivity index (χ4n) is 1.83. The van der Waals surface area contributed by atoms with E-state index in [2.05, 4.69) is 13.8 Å². The number of rotatable bonds is 9. The van der Waals surface area contributed by atoms with Gasteiger partial charge in [-0.25, -0.2) is 0 Å². The molecule has 5 nitrogen and oxygen atoms in total. The number of primary amides is 1. The van der Waals surface area contributed by atoms with E-state index in [9.17, 15) is 4.79 Å². The molecule has 0 bridgehead atoms. The third-order valence-corrected chi connectivity index (χ3v) is 2.77. The second kappa shape index (κ2) is 8.55. The maximum atomic E-state index is 11.1. The average Bonchev–Trinajstić information content (AvgIpc) is 2.36. The summed E-state index contributed by atoms with van der Waals surface area (Å²) >= 11 is 0. The first-order valence-corrected chi connectivity index (χ1v) is 6.90. The number of carbonyl (C=O) groups excluding carboxylic acids is 1. The third-order valence-electron chi connectivity index (χ3n) is 2.77. The van der Waals surface area contributed by atoms with Crippen molar-refractivity contribution in [3.05, 3.63) is 29.8 Å². The molecule has 112 valence electrons. The molecule has 1 amide bonds. The highest BCUT2D eigenvalue weighted by Gasteiger charge is 2.09. The second-order valence-corrected chi connectivity index (χ2v) is 5.39. The summed E-state index contributed by atoms with van der Waals surface area (Å²) in [4.78, 5) is 13.1. The van der Waals surface area contributed by atoms with E-state index in [1.54, 1.807) is 0 Å². The van der Waals surface area contributed by atoms with Crippen molar-refractivity contribution < 1.29 is 9.53 Å². The van der Waals surface area contributed by atoms with Gasteiger partial charge < -0.3 is 16.2 Å². The van der Waals surface area contributed by atoms with Crippen molar-refractivity contribution in [2.24, 2.45) is 11.7 Å². The Balaban J connectivity index is 2.46. The van der Waals surface area contributed by atoms with Gasteiger partial charge in [0.25, 0.3) is 0 Å². The van der Waals surface area contributed by atoms with Crippen LogP contribution in [0.2, 0.25) is 0 Å². The molecule has 0 spiro atoms. The Morgan fingerprint density at radius 1 is 1.30 bits per heavy atom. The number of hydrogen-bond donors (Lipinski definition) is 2. The number of benzene rings is 1. The van der Waals surface area contributed by atoms with Crippen LogP contribution in [0.25, 0.3) is 0 Å². The molecule has 1 aromatic carbocycles. The summed E-state index contributed by atoms with van der Waals surface area (Å²) in [6.07, 6.45) is 0. The van der Waals surface area contributed by atoms with Crippen LogP contribution in [0.4, 0.5) is 5.69 Å². The normalized spacial score (nSPS) is 11.2. The number of nitrogens with two attached hydrogens (primary N) is 2. The van der Waals surface area contributed by atoms with Crippen LogP contribution in [0.1, 0.15) is 19.4 Å². The fourth-order valence-corrected chi connectivity index (χ4v) is 1.83. The van der Waals surface area contributed by atoms with Crippen molar-refractivity contribution in [3.8, 4) is 0 Å². The molecule has 0 heterocycles. The Bertz CT molecular complexity index is 404. The minimum absolute atomic E-state index is 0.232. The van der Waals surface area contributed by atoms with E-state index in [-0.39, 0.29) is 12.5 Å². The highest BCUT2D eigenvalue weighted by Crippen LogP contribution is 2.08. The number of nitrogen functional groups attached to an aromatic ring is 1. The largest absolute Gasteiger partial charge is 0.399 e. The van der Waals surface area contributed by atoms with Crippen molar-refractivity contribution in [3.63, 3.8) is 0 Å². The lowest BCUT2D eigenvalue weighted by molar-refractivity contribution is -0.119. The summed E-state index contributed by atoms with van der Waals surface area (Å²) < 4.78 is 5.55. The van der Waals surface area contributed by atoms with E-state index in [0.29, 0.717) is 25.6 Å². The maximum Gasteiger partial charge on any atom is 0.231 e. The summed E-state index contributed by atoms with van der Waals surface area (Å²) in [7, 11) is 0. The predicted molar refractivity (Wildman–Crippen MR) is 81.0 cm³/mol. The highest BCUT2D eigenvalue weighted by atomic mass is 16.5. The molecular weight excluding hydrogens is 254 g/mol. The Labute approximate surface area is 120 Å². The first-order chi connectivity index (χ1) is 9.47. The maximum absolute atomic E-state index is 11.1. The van der Waals surface area contributed by atoms with Gasteiger partial charge in [0.1, 0.15) is 0 Å². The molecule has 0 aromatic heterocycles. The Hall–Kier alpha value is -1.59. The van der Waals surface area contributed by atoms with Crippen LogP contribution in [-0.4, -0.2) is 37.1 Å². The molecule has 1 rings (SSSR count). The van der Waals surface area contributed by atoms with Crippen molar-refractivity contribution in [1.29, 1.82) is 0 Å². The molecular formula is C15H25N3O2. The van der Waals surface area contributed by atoms with E-state index in [1.807, 2.05) is 29.2 Å². The zero-order chi connectivity index (χ0) is 15.0. The van der Waals surface area contributed by atoms with Gasteiger partial charge in [0.2, 0.25) is 5.91 Å². The standard InChI is InChI=1S/C15H25N3O2/c1-12(2)11-20-8-7-18(10-15(17)19)9-13-3-5-14(16)6-4-13/h3-6,12H,7-11,16H2,1-2H3,(H2,17,19). The van der Waals surface area contributed by atoms with Gasteiger partial charge in [-0.15, -0.1) is 0 Å². The lowest BCUT2D eigenvalue weighted by atomic mass is 10.2. The highest BCUT2D eigenvalue weighted by molar-refractivity contribution is 5.75. The number of ether oxygens (including phenoxy) is 1. The molecule has 4 N–H and O–H groups in total. The van der Waals surface area contributed by atoms with Gasteiger partial charge in [0.15, 0.2) is 0 Å². The second-order valence-electron chi connectivity index (χ2n) is 5.39. The van der Waals surface area contributed by atoms with E-state index >= 15 is 0 Å². The Morgan fingerprint density at radius 3 is 2.50 bits per heavy atom. The van der Waals surface area contributed by atoms with Crippen LogP contribution >= 0.6 is 0 Å². The van der Waals surface area contributed by atoms with Gasteiger partial charge in [-0.05, 0) is 23.6 Å². The van der Waals surface area contributed by atoms with Crippen molar-refractivity contribution in [2.75, 3.05) is 32.0 Å². The molecule has 5 heteroatoms. The summed E-state index contributed by atoms with van der Waals surface area (Å²) in [5, 5.41) is 0. The van der Waals surface area contributed by atoms with Crippen molar-refractivity contribution in [1.82, 2.24) is 4.90 Å². The zero-order valence-corrected chi connectivity index (χ0v) is 12.3. The van der Waals surface area contributed by atoms with Crippen LogP contribution < -0.4 is 11.5 Å². The molecule has 0 saturated carbocycles. The minimum Gasteiger partial charge on any atom is -0.399 e. The number of nitrogens with zero attached hydrogens (tertiary/aromatic N) is 1. The topological polar surface area (TPSA) is 81.6 Å². The van der Waals surface area contributed by atoms with Gasteiger partial charge >= 0.3 is 0 Å². The van der Waals surface area contributed by atoms with Crippen molar-refractivity contribution in [2.45, 2.75) is 20.4 Å². The molecule has 20 heavy (non-hydrogen) atoms. The number of amides is 1. The molecule has 0 atom stereocenters. The molecule has 0 aliphatic rings. The number of anilines is 1. The smallest absolute Gasteiger partial charge is 0.231 e. The van der Waals surface area contributed by atoms with Crippen molar-refractivity contribution >= 4 is 11.6 Å². The SMILES string of the molecule is CC(C)COCCN(CC(N)=O)Cc1ccc(N)cc1. The quantitative estimate of drug-likeness (QED) is 0.526. The third kappa shape index (κ3) is 7.11. The summed E-state index contributed by atoms with van der Waals surface area (Å²) in [6, 6.07) is 7.62. The van der Waals surface area contributed by atoms with Gasteiger partial charge in [-0.2, -0.15) is 0 Å². The molecule has 0 unspecified atom stereocenters. The van der Waals surface area contributed by atoms with E-state index in [4.69, 9.17) is 16.2 Å². The van der Waals surface area contributed by atoms with Crippen LogP contribution in [-0.2, 0) is 16.1 Å². The Morgan fingerprint density at radius 2 is 1.95 bits per heavy atom. The lowest BCUT2D eigenvalue weighted by Gasteiger charge is -2.21. The van der Waals surface area contributed by atoms with Gasteiger partial charge in [-0.3, -0.25) is 9.69 Å². The monoisotopic (exact) mass is 279 g/mol. The average molecular weight is 279 g/mol. The predicted octanol–water partition coefficient (Wildman–Crippen LogP) is 1.23. The lowest BCUT2D eigenvalue weighted by Crippen LogP contribution is -2.35. The van der Waals surface area contributed by atoms with Gasteiger partial charge in [0.05, 0.1) is 13.2 Å².